The Morgan fingerprint density at radius 2 is 2.25 bits per heavy atom. The second kappa shape index (κ2) is 5.11. The van der Waals surface area contributed by atoms with E-state index in [1.54, 1.807) is 7.11 Å². The van der Waals surface area contributed by atoms with Crippen molar-refractivity contribution in [2.75, 3.05) is 20.3 Å². The Morgan fingerprint density at radius 3 is 2.75 bits per heavy atom. The third-order valence-corrected chi connectivity index (χ3v) is 2.04. The van der Waals surface area contributed by atoms with Crippen LogP contribution >= 0.6 is 0 Å². The molecule has 0 aromatic carbocycles. The summed E-state index contributed by atoms with van der Waals surface area (Å²) in [7, 11) is 1.59. The highest BCUT2D eigenvalue weighted by Crippen LogP contribution is 2.25. The SMILES string of the molecule is COCCONC(=O)C1CCC1. The monoisotopic (exact) mass is 173 g/mol. The molecule has 12 heavy (non-hydrogen) atoms. The molecular formula is C8H15NO3. The number of methoxy groups -OCH3 is 1. The van der Waals surface area contributed by atoms with Crippen LogP contribution in [-0.2, 0) is 14.4 Å². The first kappa shape index (κ1) is 9.48. The number of nitrogens with one attached hydrogen (secondary N) is 1. The summed E-state index contributed by atoms with van der Waals surface area (Å²) < 4.78 is 4.75. The van der Waals surface area contributed by atoms with Gasteiger partial charge in [-0.1, -0.05) is 6.42 Å². The van der Waals surface area contributed by atoms with Crippen molar-refractivity contribution in [2.45, 2.75) is 19.3 Å². The molecule has 1 rings (SSSR count). The molecule has 0 heterocycles. The third kappa shape index (κ3) is 2.79. The van der Waals surface area contributed by atoms with Crippen LogP contribution in [0.5, 0.6) is 0 Å². The molecule has 4 nitrogen and oxygen atoms in total. The fourth-order valence-corrected chi connectivity index (χ4v) is 1.00. The van der Waals surface area contributed by atoms with Gasteiger partial charge >= 0.3 is 0 Å². The van der Waals surface area contributed by atoms with Gasteiger partial charge in [0.1, 0.15) is 0 Å². The van der Waals surface area contributed by atoms with Crippen molar-refractivity contribution in [3.63, 3.8) is 0 Å². The maximum absolute atomic E-state index is 11.1. The van der Waals surface area contributed by atoms with Crippen LogP contribution in [0.15, 0.2) is 0 Å². The number of carbonyl (C=O) groups is 1. The standard InChI is InChI=1S/C8H15NO3/c1-11-5-6-12-9-8(10)7-3-2-4-7/h7H,2-6H2,1H3,(H,9,10). The van der Waals surface area contributed by atoms with Crippen molar-refractivity contribution in [3.8, 4) is 0 Å². The lowest BCUT2D eigenvalue weighted by atomic mass is 9.85. The average molecular weight is 173 g/mol. The maximum atomic E-state index is 11.1. The van der Waals surface area contributed by atoms with E-state index in [9.17, 15) is 4.79 Å². The Morgan fingerprint density at radius 1 is 1.50 bits per heavy atom. The fraction of sp³-hybridized carbons (Fsp3) is 0.875. The maximum Gasteiger partial charge on any atom is 0.246 e. The van der Waals surface area contributed by atoms with Gasteiger partial charge in [-0.25, -0.2) is 5.48 Å². The van der Waals surface area contributed by atoms with Gasteiger partial charge in [0.15, 0.2) is 0 Å². The van der Waals surface area contributed by atoms with Crippen molar-refractivity contribution in [2.24, 2.45) is 5.92 Å². The zero-order valence-electron chi connectivity index (χ0n) is 7.34. The minimum atomic E-state index is 0.0114. The lowest BCUT2D eigenvalue weighted by Gasteiger charge is -2.23. The van der Waals surface area contributed by atoms with Crippen LogP contribution in [0, 0.1) is 5.92 Å². The highest BCUT2D eigenvalue weighted by molar-refractivity contribution is 5.78. The molecule has 0 aromatic rings. The smallest absolute Gasteiger partial charge is 0.246 e. The summed E-state index contributed by atoms with van der Waals surface area (Å²) in [4.78, 5) is 16.0. The van der Waals surface area contributed by atoms with Crippen LogP contribution in [0.25, 0.3) is 0 Å². The Bertz CT molecular complexity index is 145. The van der Waals surface area contributed by atoms with Crippen LogP contribution in [0.3, 0.4) is 0 Å². The van der Waals surface area contributed by atoms with Crippen molar-refractivity contribution in [1.29, 1.82) is 0 Å². The Labute approximate surface area is 72.2 Å². The fourth-order valence-electron chi connectivity index (χ4n) is 1.00. The Balaban J connectivity index is 1.94. The van der Waals surface area contributed by atoms with Crippen LogP contribution in [0.1, 0.15) is 19.3 Å². The van der Waals surface area contributed by atoms with Gasteiger partial charge in [0.05, 0.1) is 13.2 Å². The Hall–Kier alpha value is -0.610. The summed E-state index contributed by atoms with van der Waals surface area (Å²) >= 11 is 0. The number of rotatable bonds is 5. The first-order valence-electron chi connectivity index (χ1n) is 4.25. The molecule has 1 saturated carbocycles. The van der Waals surface area contributed by atoms with Gasteiger partial charge in [-0.05, 0) is 12.8 Å². The highest BCUT2D eigenvalue weighted by atomic mass is 16.7. The number of carbonyl (C=O) groups excluding carboxylic acids is 1. The molecule has 1 fully saturated rings. The predicted octanol–water partition coefficient (Wildman–Crippen LogP) is 0.481. The highest BCUT2D eigenvalue weighted by Gasteiger charge is 2.24. The van der Waals surface area contributed by atoms with Gasteiger partial charge in [0.25, 0.3) is 0 Å². The van der Waals surface area contributed by atoms with Gasteiger partial charge in [-0.3, -0.25) is 9.63 Å². The second-order valence-corrected chi connectivity index (χ2v) is 2.94. The number of hydroxylamine groups is 1. The molecule has 0 unspecified atom stereocenters. The summed E-state index contributed by atoms with van der Waals surface area (Å²) in [6, 6.07) is 0. The van der Waals surface area contributed by atoms with Crippen molar-refractivity contribution in [1.82, 2.24) is 5.48 Å². The molecule has 4 heteroatoms. The quantitative estimate of drug-likeness (QED) is 0.486. The zero-order chi connectivity index (χ0) is 8.81. The van der Waals surface area contributed by atoms with Crippen molar-refractivity contribution in [3.05, 3.63) is 0 Å². The molecular weight excluding hydrogens is 158 g/mol. The number of ether oxygens (including phenoxy) is 1. The number of hydrogen-bond acceptors (Lipinski definition) is 3. The first-order chi connectivity index (χ1) is 5.84. The second-order valence-electron chi connectivity index (χ2n) is 2.94. The minimum Gasteiger partial charge on any atom is -0.382 e. The van der Waals surface area contributed by atoms with E-state index in [1.807, 2.05) is 0 Å². The topological polar surface area (TPSA) is 47.6 Å². The van der Waals surface area contributed by atoms with Gasteiger partial charge in [-0.2, -0.15) is 0 Å². The summed E-state index contributed by atoms with van der Waals surface area (Å²) in [6.45, 7) is 0.917. The van der Waals surface area contributed by atoms with Crippen LogP contribution in [0.2, 0.25) is 0 Å². The first-order valence-corrected chi connectivity index (χ1v) is 4.25. The molecule has 0 radical (unpaired) electrons. The predicted molar refractivity (Wildman–Crippen MR) is 43.3 cm³/mol. The molecule has 1 N–H and O–H groups in total. The summed E-state index contributed by atoms with van der Waals surface area (Å²) in [5.41, 5.74) is 2.40. The Kier molecular flexibility index (Phi) is 4.04. The van der Waals surface area contributed by atoms with E-state index in [0.717, 1.165) is 19.3 Å². The largest absolute Gasteiger partial charge is 0.382 e. The van der Waals surface area contributed by atoms with Crippen molar-refractivity contribution < 1.29 is 14.4 Å². The van der Waals surface area contributed by atoms with Gasteiger partial charge in [0.2, 0.25) is 5.91 Å². The molecule has 0 aliphatic heterocycles. The summed E-state index contributed by atoms with van der Waals surface area (Å²) in [5.74, 6) is 0.199. The molecule has 1 amide bonds. The van der Waals surface area contributed by atoms with E-state index in [1.165, 1.54) is 0 Å². The number of hydrogen-bond donors (Lipinski definition) is 1. The van der Waals surface area contributed by atoms with E-state index in [4.69, 9.17) is 9.57 Å². The van der Waals surface area contributed by atoms with E-state index in [0.29, 0.717) is 13.2 Å². The van der Waals surface area contributed by atoms with Crippen LogP contribution in [-0.4, -0.2) is 26.2 Å². The molecule has 1 aliphatic carbocycles. The summed E-state index contributed by atoms with van der Waals surface area (Å²) in [6.07, 6.45) is 3.16. The lowest BCUT2D eigenvalue weighted by molar-refractivity contribution is -0.141. The van der Waals surface area contributed by atoms with Gasteiger partial charge in [-0.15, -0.1) is 0 Å². The average Bonchev–Trinajstić information content (AvgIpc) is 1.95. The molecule has 1 aliphatic rings. The van der Waals surface area contributed by atoms with Crippen molar-refractivity contribution >= 4 is 5.91 Å². The molecule has 0 saturated heterocycles. The zero-order valence-corrected chi connectivity index (χ0v) is 7.34. The van der Waals surface area contributed by atoms with E-state index in [-0.39, 0.29) is 11.8 Å². The minimum absolute atomic E-state index is 0.0114. The van der Waals surface area contributed by atoms with E-state index >= 15 is 0 Å². The molecule has 0 atom stereocenters. The normalized spacial score (nSPS) is 17.1. The molecule has 0 spiro atoms. The van der Waals surface area contributed by atoms with Gasteiger partial charge < -0.3 is 4.74 Å². The lowest BCUT2D eigenvalue weighted by Crippen LogP contribution is -2.35. The molecule has 0 aromatic heterocycles. The third-order valence-electron chi connectivity index (χ3n) is 2.04. The van der Waals surface area contributed by atoms with Gasteiger partial charge in [0, 0.05) is 13.0 Å². The molecule has 0 bridgehead atoms. The number of amides is 1. The van der Waals surface area contributed by atoms with Crippen LogP contribution < -0.4 is 5.48 Å². The van der Waals surface area contributed by atoms with Crippen LogP contribution in [0.4, 0.5) is 0 Å². The van der Waals surface area contributed by atoms with E-state index < -0.39 is 0 Å². The van der Waals surface area contributed by atoms with E-state index in [2.05, 4.69) is 5.48 Å². The molecule has 70 valence electrons. The summed E-state index contributed by atoms with van der Waals surface area (Å²) in [5, 5.41) is 0.